The van der Waals surface area contributed by atoms with E-state index in [1.54, 1.807) is 11.3 Å². The monoisotopic (exact) mass is 293 g/mol. The lowest BCUT2D eigenvalue weighted by atomic mass is 9.97. The fourth-order valence-electron chi connectivity index (χ4n) is 3.29. The summed E-state index contributed by atoms with van der Waals surface area (Å²) in [5.41, 5.74) is 0.923. The van der Waals surface area contributed by atoms with E-state index in [1.165, 1.54) is 25.8 Å². The molecule has 4 nitrogen and oxygen atoms in total. The van der Waals surface area contributed by atoms with Crippen molar-refractivity contribution < 1.29 is 4.79 Å². The Morgan fingerprint density at radius 3 is 2.90 bits per heavy atom. The zero-order valence-electron chi connectivity index (χ0n) is 12.3. The number of aromatic nitrogens is 1. The van der Waals surface area contributed by atoms with Crippen LogP contribution in [0, 0.1) is 6.92 Å². The Kier molecular flexibility index (Phi) is 4.08. The highest BCUT2D eigenvalue weighted by atomic mass is 32.1. The Balaban J connectivity index is 1.48. The molecule has 110 valence electrons. The molecule has 0 aromatic carbocycles. The first kappa shape index (κ1) is 14.0. The van der Waals surface area contributed by atoms with Crippen molar-refractivity contribution in [1.82, 2.24) is 14.8 Å². The SMILES string of the molecule is Cc1nc(CC(=O)N2CC(N3CCCC[C@@H]3C)C2)cs1. The second kappa shape index (κ2) is 5.82. The molecule has 0 radical (unpaired) electrons. The number of likely N-dealkylation sites (tertiary alicyclic amines) is 2. The third-order valence-electron chi connectivity index (χ3n) is 4.54. The van der Waals surface area contributed by atoms with Gasteiger partial charge in [-0.1, -0.05) is 6.42 Å². The van der Waals surface area contributed by atoms with Crippen LogP contribution in [0.25, 0.3) is 0 Å². The molecule has 2 fully saturated rings. The topological polar surface area (TPSA) is 36.4 Å². The first-order chi connectivity index (χ1) is 9.63. The molecule has 0 bridgehead atoms. The number of rotatable bonds is 3. The molecule has 0 unspecified atom stereocenters. The summed E-state index contributed by atoms with van der Waals surface area (Å²) in [5.74, 6) is 0.233. The van der Waals surface area contributed by atoms with Crippen molar-refractivity contribution >= 4 is 17.2 Å². The minimum Gasteiger partial charge on any atom is -0.339 e. The highest BCUT2D eigenvalue weighted by molar-refractivity contribution is 7.09. The summed E-state index contributed by atoms with van der Waals surface area (Å²) < 4.78 is 0. The molecule has 1 atom stereocenters. The first-order valence-electron chi connectivity index (χ1n) is 7.58. The molecule has 0 aliphatic carbocycles. The van der Waals surface area contributed by atoms with E-state index in [1.807, 2.05) is 17.2 Å². The van der Waals surface area contributed by atoms with Crippen molar-refractivity contribution in [1.29, 1.82) is 0 Å². The van der Waals surface area contributed by atoms with Crippen LogP contribution in [0.3, 0.4) is 0 Å². The lowest BCUT2D eigenvalue weighted by Gasteiger charge is -2.49. The standard InChI is InChI=1S/C15H23N3OS/c1-11-5-3-4-6-18(11)14-8-17(9-14)15(19)7-13-10-20-12(2)16-13/h10-11,14H,3-9H2,1-2H3/t11-/m0/s1. The predicted molar refractivity (Wildman–Crippen MR) is 80.9 cm³/mol. The molecule has 20 heavy (non-hydrogen) atoms. The minimum absolute atomic E-state index is 0.233. The van der Waals surface area contributed by atoms with Gasteiger partial charge in [0.15, 0.2) is 0 Å². The Morgan fingerprint density at radius 2 is 2.25 bits per heavy atom. The van der Waals surface area contributed by atoms with Crippen LogP contribution in [0.5, 0.6) is 0 Å². The molecule has 3 heterocycles. The van der Waals surface area contributed by atoms with Gasteiger partial charge in [-0.05, 0) is 33.2 Å². The van der Waals surface area contributed by atoms with Crippen LogP contribution < -0.4 is 0 Å². The van der Waals surface area contributed by atoms with E-state index in [-0.39, 0.29) is 5.91 Å². The molecule has 1 amide bonds. The van der Waals surface area contributed by atoms with Crippen molar-refractivity contribution in [2.24, 2.45) is 0 Å². The van der Waals surface area contributed by atoms with Crippen LogP contribution in [0.4, 0.5) is 0 Å². The highest BCUT2D eigenvalue weighted by Gasteiger charge is 2.37. The Labute approximate surface area is 124 Å². The quantitative estimate of drug-likeness (QED) is 0.856. The molecule has 1 aromatic rings. The van der Waals surface area contributed by atoms with Gasteiger partial charge in [-0.2, -0.15) is 0 Å². The number of thiazole rings is 1. The van der Waals surface area contributed by atoms with Crippen molar-refractivity contribution in [2.75, 3.05) is 19.6 Å². The molecule has 3 rings (SSSR count). The van der Waals surface area contributed by atoms with E-state index in [0.29, 0.717) is 18.5 Å². The summed E-state index contributed by atoms with van der Waals surface area (Å²) >= 11 is 1.62. The first-order valence-corrected chi connectivity index (χ1v) is 8.46. The van der Waals surface area contributed by atoms with Gasteiger partial charge in [0.25, 0.3) is 0 Å². The maximum Gasteiger partial charge on any atom is 0.228 e. The average Bonchev–Trinajstić information content (AvgIpc) is 2.75. The molecule has 2 saturated heterocycles. The van der Waals surface area contributed by atoms with Gasteiger partial charge < -0.3 is 4.90 Å². The number of nitrogens with zero attached hydrogens (tertiary/aromatic N) is 3. The number of piperidine rings is 1. The van der Waals surface area contributed by atoms with Gasteiger partial charge in [0.05, 0.1) is 17.1 Å². The molecule has 0 spiro atoms. The van der Waals surface area contributed by atoms with Crippen LogP contribution in [0.1, 0.15) is 36.9 Å². The van der Waals surface area contributed by atoms with Crippen molar-refractivity contribution in [2.45, 2.75) is 51.6 Å². The third-order valence-corrected chi connectivity index (χ3v) is 5.36. The van der Waals surface area contributed by atoms with Crippen molar-refractivity contribution in [3.63, 3.8) is 0 Å². The van der Waals surface area contributed by atoms with E-state index in [4.69, 9.17) is 0 Å². The fraction of sp³-hybridized carbons (Fsp3) is 0.733. The van der Waals surface area contributed by atoms with Crippen LogP contribution in [0.15, 0.2) is 5.38 Å². The number of carbonyl (C=O) groups is 1. The molecule has 5 heteroatoms. The molecule has 0 N–H and O–H groups in total. The second-order valence-electron chi connectivity index (χ2n) is 6.07. The van der Waals surface area contributed by atoms with E-state index < -0.39 is 0 Å². The van der Waals surface area contributed by atoms with E-state index in [0.717, 1.165) is 23.8 Å². The second-order valence-corrected chi connectivity index (χ2v) is 7.13. The number of hydrogen-bond donors (Lipinski definition) is 0. The van der Waals surface area contributed by atoms with Gasteiger partial charge in [-0.3, -0.25) is 9.69 Å². The van der Waals surface area contributed by atoms with Gasteiger partial charge >= 0.3 is 0 Å². The number of amides is 1. The molecular weight excluding hydrogens is 270 g/mol. The minimum atomic E-state index is 0.233. The van der Waals surface area contributed by atoms with E-state index in [2.05, 4.69) is 16.8 Å². The largest absolute Gasteiger partial charge is 0.339 e. The Bertz CT molecular complexity index is 481. The maximum atomic E-state index is 12.2. The third kappa shape index (κ3) is 2.88. The summed E-state index contributed by atoms with van der Waals surface area (Å²) in [6.07, 6.45) is 4.44. The molecule has 2 aliphatic heterocycles. The van der Waals surface area contributed by atoms with Crippen molar-refractivity contribution in [3.8, 4) is 0 Å². The summed E-state index contributed by atoms with van der Waals surface area (Å²) in [7, 11) is 0. The van der Waals surface area contributed by atoms with Crippen molar-refractivity contribution in [3.05, 3.63) is 16.1 Å². The Hall–Kier alpha value is -0.940. The van der Waals surface area contributed by atoms with Crippen LogP contribution >= 0.6 is 11.3 Å². The van der Waals surface area contributed by atoms with Crippen LogP contribution in [-0.2, 0) is 11.2 Å². The normalized spacial score (nSPS) is 24.7. The lowest BCUT2D eigenvalue weighted by Crippen LogP contribution is -2.63. The summed E-state index contributed by atoms with van der Waals surface area (Å²) in [4.78, 5) is 21.1. The zero-order valence-corrected chi connectivity index (χ0v) is 13.2. The predicted octanol–water partition coefficient (Wildman–Crippen LogP) is 2.08. The number of aryl methyl sites for hydroxylation is 1. The van der Waals surface area contributed by atoms with Gasteiger partial charge in [0.2, 0.25) is 5.91 Å². The summed E-state index contributed by atoms with van der Waals surface area (Å²) in [6, 6.07) is 1.28. The molecular formula is C15H23N3OS. The van der Waals surface area contributed by atoms with Gasteiger partial charge in [-0.15, -0.1) is 11.3 Å². The van der Waals surface area contributed by atoms with Crippen LogP contribution in [-0.4, -0.2) is 52.4 Å². The molecule has 2 aliphatic rings. The maximum absolute atomic E-state index is 12.2. The van der Waals surface area contributed by atoms with Crippen LogP contribution in [0.2, 0.25) is 0 Å². The smallest absolute Gasteiger partial charge is 0.228 e. The molecule has 0 saturated carbocycles. The summed E-state index contributed by atoms with van der Waals surface area (Å²) in [5, 5.41) is 3.04. The molecule has 1 aromatic heterocycles. The Morgan fingerprint density at radius 1 is 1.45 bits per heavy atom. The number of hydrogen-bond acceptors (Lipinski definition) is 4. The van der Waals surface area contributed by atoms with Gasteiger partial charge in [0.1, 0.15) is 0 Å². The summed E-state index contributed by atoms with van der Waals surface area (Å²) in [6.45, 7) is 7.33. The number of carbonyl (C=O) groups excluding carboxylic acids is 1. The van der Waals surface area contributed by atoms with E-state index in [9.17, 15) is 4.79 Å². The average molecular weight is 293 g/mol. The highest BCUT2D eigenvalue weighted by Crippen LogP contribution is 2.24. The van der Waals surface area contributed by atoms with Gasteiger partial charge in [0, 0.05) is 30.6 Å². The lowest BCUT2D eigenvalue weighted by molar-refractivity contribution is -0.139. The van der Waals surface area contributed by atoms with E-state index >= 15 is 0 Å². The zero-order chi connectivity index (χ0) is 14.1. The van der Waals surface area contributed by atoms with Gasteiger partial charge in [-0.25, -0.2) is 4.98 Å². The fourth-order valence-corrected chi connectivity index (χ4v) is 3.90.